The summed E-state index contributed by atoms with van der Waals surface area (Å²) in [5.41, 5.74) is 2.64. The summed E-state index contributed by atoms with van der Waals surface area (Å²) in [6.07, 6.45) is 2.54. The summed E-state index contributed by atoms with van der Waals surface area (Å²) in [6, 6.07) is 7.45. The SMILES string of the molecule is CCc1cccc(CC)c1NC(=O)OC(Cn1cccn1)C(=O)O. The van der Waals surface area contributed by atoms with Crippen molar-refractivity contribution in [2.45, 2.75) is 39.3 Å². The van der Waals surface area contributed by atoms with Gasteiger partial charge < -0.3 is 9.84 Å². The molecule has 1 unspecified atom stereocenters. The molecule has 1 atom stereocenters. The van der Waals surface area contributed by atoms with Crippen molar-refractivity contribution >= 4 is 17.7 Å². The molecule has 1 amide bonds. The second-order valence-corrected chi connectivity index (χ2v) is 5.24. The van der Waals surface area contributed by atoms with E-state index in [4.69, 9.17) is 4.74 Å². The summed E-state index contributed by atoms with van der Waals surface area (Å²) in [7, 11) is 0. The normalized spacial score (nSPS) is 11.8. The molecule has 0 bridgehead atoms. The number of hydrogen-bond donors (Lipinski definition) is 2. The lowest BCUT2D eigenvalue weighted by Crippen LogP contribution is -2.33. The monoisotopic (exact) mass is 331 g/mol. The highest BCUT2D eigenvalue weighted by Crippen LogP contribution is 2.23. The Morgan fingerprint density at radius 2 is 1.92 bits per heavy atom. The summed E-state index contributed by atoms with van der Waals surface area (Å²) >= 11 is 0. The van der Waals surface area contributed by atoms with E-state index < -0.39 is 18.2 Å². The Bertz CT molecular complexity index is 676. The number of nitrogens with zero attached hydrogens (tertiary/aromatic N) is 2. The van der Waals surface area contributed by atoms with Gasteiger partial charge in [0.05, 0.1) is 12.2 Å². The molecule has 1 heterocycles. The molecule has 0 aliphatic heterocycles. The summed E-state index contributed by atoms with van der Waals surface area (Å²) in [4.78, 5) is 23.5. The van der Waals surface area contributed by atoms with E-state index in [0.29, 0.717) is 5.69 Å². The van der Waals surface area contributed by atoms with Crippen molar-refractivity contribution < 1.29 is 19.4 Å². The first-order chi connectivity index (χ1) is 11.5. The average Bonchev–Trinajstić information content (AvgIpc) is 3.07. The van der Waals surface area contributed by atoms with Crippen molar-refractivity contribution in [1.29, 1.82) is 0 Å². The largest absolute Gasteiger partial charge is 0.478 e. The topological polar surface area (TPSA) is 93.5 Å². The lowest BCUT2D eigenvalue weighted by Gasteiger charge is -2.17. The number of aromatic nitrogens is 2. The van der Waals surface area contributed by atoms with Crippen molar-refractivity contribution in [2.24, 2.45) is 0 Å². The minimum Gasteiger partial charge on any atom is -0.478 e. The van der Waals surface area contributed by atoms with Gasteiger partial charge in [0.15, 0.2) is 0 Å². The van der Waals surface area contributed by atoms with Crippen LogP contribution < -0.4 is 5.32 Å². The van der Waals surface area contributed by atoms with Gasteiger partial charge in [0, 0.05) is 12.4 Å². The molecule has 0 saturated heterocycles. The first-order valence-corrected chi connectivity index (χ1v) is 7.83. The van der Waals surface area contributed by atoms with Gasteiger partial charge in [-0.3, -0.25) is 10.00 Å². The molecular weight excluding hydrogens is 310 g/mol. The lowest BCUT2D eigenvalue weighted by molar-refractivity contribution is -0.147. The third-order valence-corrected chi connectivity index (χ3v) is 3.66. The van der Waals surface area contributed by atoms with Crippen LogP contribution in [0.15, 0.2) is 36.7 Å². The zero-order valence-electron chi connectivity index (χ0n) is 13.7. The van der Waals surface area contributed by atoms with Crippen molar-refractivity contribution in [3.8, 4) is 0 Å². The van der Waals surface area contributed by atoms with Crippen LogP contribution in [-0.4, -0.2) is 33.1 Å². The Hall–Kier alpha value is -2.83. The van der Waals surface area contributed by atoms with E-state index >= 15 is 0 Å². The molecule has 7 nitrogen and oxygen atoms in total. The third-order valence-electron chi connectivity index (χ3n) is 3.66. The second-order valence-electron chi connectivity index (χ2n) is 5.24. The summed E-state index contributed by atoms with van der Waals surface area (Å²) in [5, 5.41) is 15.9. The number of aliphatic carboxylic acids is 1. The van der Waals surface area contributed by atoms with Crippen LogP contribution in [0.2, 0.25) is 0 Å². The molecule has 0 fully saturated rings. The highest BCUT2D eigenvalue weighted by molar-refractivity contribution is 5.88. The highest BCUT2D eigenvalue weighted by atomic mass is 16.6. The van der Waals surface area contributed by atoms with Gasteiger partial charge in [0.2, 0.25) is 6.10 Å². The molecule has 0 aliphatic rings. The van der Waals surface area contributed by atoms with Gasteiger partial charge in [-0.25, -0.2) is 9.59 Å². The lowest BCUT2D eigenvalue weighted by atomic mass is 10.0. The Labute approximate surface area is 140 Å². The van der Waals surface area contributed by atoms with Gasteiger partial charge in [-0.15, -0.1) is 0 Å². The maximum Gasteiger partial charge on any atom is 0.412 e. The van der Waals surface area contributed by atoms with Gasteiger partial charge in [-0.05, 0) is 30.0 Å². The van der Waals surface area contributed by atoms with E-state index in [9.17, 15) is 14.7 Å². The molecule has 1 aromatic heterocycles. The predicted molar refractivity (Wildman–Crippen MR) is 89.0 cm³/mol. The van der Waals surface area contributed by atoms with E-state index in [0.717, 1.165) is 24.0 Å². The minimum absolute atomic E-state index is 0.0498. The molecule has 0 aliphatic carbocycles. The number of carbonyl (C=O) groups is 2. The Kier molecular flexibility index (Phi) is 5.95. The number of nitrogens with one attached hydrogen (secondary N) is 1. The Morgan fingerprint density at radius 1 is 1.25 bits per heavy atom. The molecule has 2 N–H and O–H groups in total. The average molecular weight is 331 g/mol. The summed E-state index contributed by atoms with van der Waals surface area (Å²) in [6.45, 7) is 3.93. The maximum absolute atomic E-state index is 12.2. The number of para-hydroxylation sites is 1. The molecule has 0 radical (unpaired) electrons. The first-order valence-electron chi connectivity index (χ1n) is 7.83. The Morgan fingerprint density at radius 3 is 2.42 bits per heavy atom. The third kappa shape index (κ3) is 4.34. The van der Waals surface area contributed by atoms with Crippen LogP contribution in [0, 0.1) is 0 Å². The molecule has 24 heavy (non-hydrogen) atoms. The molecule has 0 spiro atoms. The molecule has 2 aromatic rings. The van der Waals surface area contributed by atoms with Gasteiger partial charge in [-0.2, -0.15) is 5.10 Å². The summed E-state index contributed by atoms with van der Waals surface area (Å²) in [5.74, 6) is -1.22. The number of hydrogen-bond acceptors (Lipinski definition) is 4. The van der Waals surface area contributed by atoms with Crippen molar-refractivity contribution in [2.75, 3.05) is 5.32 Å². The van der Waals surface area contributed by atoms with Crippen LogP contribution in [0.25, 0.3) is 0 Å². The number of benzene rings is 1. The van der Waals surface area contributed by atoms with E-state index in [1.54, 1.807) is 12.3 Å². The van der Waals surface area contributed by atoms with Crippen LogP contribution >= 0.6 is 0 Å². The first kappa shape index (κ1) is 17.5. The standard InChI is InChI=1S/C17H21N3O4/c1-3-12-7-5-8-13(4-2)15(12)19-17(23)24-14(16(21)22)11-20-10-6-9-18-20/h5-10,14H,3-4,11H2,1-2H3,(H,19,23)(H,21,22). The smallest absolute Gasteiger partial charge is 0.412 e. The number of carboxylic acids is 1. The fourth-order valence-electron chi connectivity index (χ4n) is 2.41. The molecule has 128 valence electrons. The number of ether oxygens (including phenoxy) is 1. The van der Waals surface area contributed by atoms with Crippen LogP contribution in [0.4, 0.5) is 10.5 Å². The number of rotatable bonds is 7. The molecule has 0 saturated carbocycles. The number of aryl methyl sites for hydroxylation is 2. The van der Waals surface area contributed by atoms with Gasteiger partial charge in [-0.1, -0.05) is 32.0 Å². The van der Waals surface area contributed by atoms with E-state index in [1.165, 1.54) is 10.9 Å². The molecule has 2 rings (SSSR count). The number of carbonyl (C=O) groups excluding carboxylic acids is 1. The fraction of sp³-hybridized carbons (Fsp3) is 0.353. The number of anilines is 1. The Balaban J connectivity index is 2.10. The van der Waals surface area contributed by atoms with Gasteiger partial charge >= 0.3 is 12.1 Å². The molecule has 7 heteroatoms. The minimum atomic E-state index is -1.32. The van der Waals surface area contributed by atoms with Crippen LogP contribution in [-0.2, 0) is 28.9 Å². The fourth-order valence-corrected chi connectivity index (χ4v) is 2.41. The molecule has 1 aromatic carbocycles. The van der Waals surface area contributed by atoms with Crippen LogP contribution in [0.1, 0.15) is 25.0 Å². The number of amides is 1. The zero-order chi connectivity index (χ0) is 17.5. The van der Waals surface area contributed by atoms with Crippen LogP contribution in [0.3, 0.4) is 0 Å². The van der Waals surface area contributed by atoms with Crippen molar-refractivity contribution in [1.82, 2.24) is 9.78 Å². The zero-order valence-corrected chi connectivity index (χ0v) is 13.7. The predicted octanol–water partition coefficient (Wildman–Crippen LogP) is 2.71. The van der Waals surface area contributed by atoms with E-state index in [2.05, 4.69) is 10.4 Å². The number of carboxylic acid groups (broad SMARTS) is 1. The van der Waals surface area contributed by atoms with Crippen molar-refractivity contribution in [3.63, 3.8) is 0 Å². The quantitative estimate of drug-likeness (QED) is 0.813. The van der Waals surface area contributed by atoms with Gasteiger partial charge in [0.25, 0.3) is 0 Å². The van der Waals surface area contributed by atoms with Gasteiger partial charge in [0.1, 0.15) is 0 Å². The summed E-state index contributed by atoms with van der Waals surface area (Å²) < 4.78 is 6.48. The highest BCUT2D eigenvalue weighted by Gasteiger charge is 2.24. The van der Waals surface area contributed by atoms with E-state index in [-0.39, 0.29) is 6.54 Å². The maximum atomic E-state index is 12.2. The van der Waals surface area contributed by atoms with Crippen molar-refractivity contribution in [3.05, 3.63) is 47.8 Å². The molecular formula is C17H21N3O4. The second kappa shape index (κ2) is 8.14. The van der Waals surface area contributed by atoms with E-state index in [1.807, 2.05) is 32.0 Å². The van der Waals surface area contributed by atoms with Crippen LogP contribution in [0.5, 0.6) is 0 Å².